The lowest BCUT2D eigenvalue weighted by molar-refractivity contribution is 0.248. The minimum atomic E-state index is 0.451. The summed E-state index contributed by atoms with van der Waals surface area (Å²) in [6.45, 7) is 11.7. The topological polar surface area (TPSA) is 41.3 Å². The highest BCUT2D eigenvalue weighted by atomic mass is 16.5. The number of nitrogens with one attached hydrogen (secondary N) is 1. The van der Waals surface area contributed by atoms with Crippen LogP contribution in [0.25, 0.3) is 0 Å². The lowest BCUT2D eigenvalue weighted by atomic mass is 9.93. The molecule has 1 aliphatic rings. The number of hydrogen-bond donors (Lipinski definition) is 1. The Balaban J connectivity index is 1.85. The molecule has 4 nitrogen and oxygen atoms in total. The number of rotatable bonds is 5. The van der Waals surface area contributed by atoms with Gasteiger partial charge in [0.25, 0.3) is 0 Å². The summed E-state index contributed by atoms with van der Waals surface area (Å²) in [4.78, 5) is 2.44. The predicted octanol–water partition coefficient (Wildman–Crippen LogP) is 2.02. The Morgan fingerprint density at radius 1 is 1.53 bits per heavy atom. The molecule has 2 heterocycles. The van der Waals surface area contributed by atoms with Crippen molar-refractivity contribution in [3.63, 3.8) is 0 Å². The van der Waals surface area contributed by atoms with Gasteiger partial charge in [0.05, 0.1) is 12.2 Å². The smallest absolute Gasteiger partial charge is 0.151 e. The van der Waals surface area contributed by atoms with Crippen LogP contribution in [-0.4, -0.2) is 29.7 Å². The Kier molecular flexibility index (Phi) is 3.84. The molecule has 17 heavy (non-hydrogen) atoms. The Morgan fingerprint density at radius 2 is 2.35 bits per heavy atom. The molecule has 0 radical (unpaired) electrons. The maximum absolute atomic E-state index is 5.36. The Labute approximate surface area is 103 Å². The van der Waals surface area contributed by atoms with Crippen LogP contribution in [0.5, 0.6) is 0 Å². The van der Waals surface area contributed by atoms with E-state index in [9.17, 15) is 0 Å². The van der Waals surface area contributed by atoms with Crippen molar-refractivity contribution in [2.75, 3.05) is 19.6 Å². The molecule has 0 bridgehead atoms. The van der Waals surface area contributed by atoms with E-state index in [2.05, 4.69) is 42.2 Å². The molecule has 4 heteroatoms. The second kappa shape index (κ2) is 5.19. The van der Waals surface area contributed by atoms with E-state index in [1.165, 1.54) is 6.42 Å². The van der Waals surface area contributed by atoms with Gasteiger partial charge in [-0.3, -0.25) is 4.90 Å². The van der Waals surface area contributed by atoms with Crippen LogP contribution >= 0.6 is 0 Å². The van der Waals surface area contributed by atoms with E-state index in [1.807, 2.05) is 0 Å². The SMILES string of the molecule is CCNCc1cc(CN2CCC(C)(C)C2)on1. The average molecular weight is 237 g/mol. The number of likely N-dealkylation sites (tertiary alicyclic amines) is 1. The standard InChI is InChI=1S/C13H23N3O/c1-4-14-8-11-7-12(17-15-11)9-16-6-5-13(2,3)10-16/h7,14H,4-6,8-10H2,1-3H3. The van der Waals surface area contributed by atoms with Gasteiger partial charge in [0, 0.05) is 19.2 Å². The van der Waals surface area contributed by atoms with Crippen LogP contribution < -0.4 is 5.32 Å². The number of nitrogens with zero attached hydrogens (tertiary/aromatic N) is 2. The van der Waals surface area contributed by atoms with E-state index in [0.717, 1.165) is 44.2 Å². The molecule has 1 aromatic rings. The first-order valence-electron chi connectivity index (χ1n) is 6.46. The minimum Gasteiger partial charge on any atom is -0.360 e. The van der Waals surface area contributed by atoms with Crippen molar-refractivity contribution in [1.82, 2.24) is 15.4 Å². The molecular formula is C13H23N3O. The maximum atomic E-state index is 5.36. The predicted molar refractivity (Wildman–Crippen MR) is 67.6 cm³/mol. The molecule has 1 fully saturated rings. The molecular weight excluding hydrogens is 214 g/mol. The van der Waals surface area contributed by atoms with Gasteiger partial charge < -0.3 is 9.84 Å². The van der Waals surface area contributed by atoms with E-state index >= 15 is 0 Å². The Morgan fingerprint density at radius 3 is 3.00 bits per heavy atom. The van der Waals surface area contributed by atoms with Crippen LogP contribution in [0.4, 0.5) is 0 Å². The maximum Gasteiger partial charge on any atom is 0.151 e. The van der Waals surface area contributed by atoms with Gasteiger partial charge in [-0.15, -0.1) is 0 Å². The van der Waals surface area contributed by atoms with Crippen molar-refractivity contribution in [1.29, 1.82) is 0 Å². The fraction of sp³-hybridized carbons (Fsp3) is 0.769. The van der Waals surface area contributed by atoms with Gasteiger partial charge in [-0.2, -0.15) is 0 Å². The van der Waals surface area contributed by atoms with E-state index in [0.29, 0.717) is 5.41 Å². The van der Waals surface area contributed by atoms with Crippen molar-refractivity contribution in [3.8, 4) is 0 Å². The molecule has 1 N–H and O–H groups in total. The summed E-state index contributed by atoms with van der Waals surface area (Å²) in [7, 11) is 0. The first-order chi connectivity index (χ1) is 8.09. The third-order valence-corrected chi connectivity index (χ3v) is 3.30. The van der Waals surface area contributed by atoms with Gasteiger partial charge in [0.2, 0.25) is 0 Å². The molecule has 96 valence electrons. The lowest BCUT2D eigenvalue weighted by Crippen LogP contribution is -2.22. The zero-order chi connectivity index (χ0) is 12.3. The lowest BCUT2D eigenvalue weighted by Gasteiger charge is -2.18. The van der Waals surface area contributed by atoms with E-state index < -0.39 is 0 Å². The molecule has 1 saturated heterocycles. The van der Waals surface area contributed by atoms with Gasteiger partial charge in [0.15, 0.2) is 5.76 Å². The minimum absolute atomic E-state index is 0.451. The molecule has 0 atom stereocenters. The van der Waals surface area contributed by atoms with Gasteiger partial charge in [-0.25, -0.2) is 0 Å². The summed E-state index contributed by atoms with van der Waals surface area (Å²) >= 11 is 0. The second-order valence-electron chi connectivity index (χ2n) is 5.69. The quantitative estimate of drug-likeness (QED) is 0.850. The van der Waals surface area contributed by atoms with Crippen LogP contribution in [0.1, 0.15) is 38.6 Å². The molecule has 0 amide bonds. The number of aromatic nitrogens is 1. The normalized spacial score (nSPS) is 19.9. The summed E-state index contributed by atoms with van der Waals surface area (Å²) in [5.74, 6) is 0.982. The fourth-order valence-corrected chi connectivity index (χ4v) is 2.35. The average Bonchev–Trinajstić information content (AvgIpc) is 2.83. The van der Waals surface area contributed by atoms with Crippen LogP contribution in [0, 0.1) is 5.41 Å². The van der Waals surface area contributed by atoms with Crippen molar-refractivity contribution >= 4 is 0 Å². The fourth-order valence-electron chi connectivity index (χ4n) is 2.35. The molecule has 0 saturated carbocycles. The third-order valence-electron chi connectivity index (χ3n) is 3.30. The molecule has 0 spiro atoms. The summed E-state index contributed by atoms with van der Waals surface area (Å²) in [5, 5.41) is 7.32. The largest absolute Gasteiger partial charge is 0.360 e. The van der Waals surface area contributed by atoms with Crippen molar-refractivity contribution in [3.05, 3.63) is 17.5 Å². The monoisotopic (exact) mass is 237 g/mol. The third kappa shape index (κ3) is 3.54. The summed E-state index contributed by atoms with van der Waals surface area (Å²) < 4.78 is 5.36. The highest BCUT2D eigenvalue weighted by Gasteiger charge is 2.29. The first kappa shape index (κ1) is 12.6. The van der Waals surface area contributed by atoms with E-state index in [1.54, 1.807) is 0 Å². The number of hydrogen-bond acceptors (Lipinski definition) is 4. The molecule has 0 unspecified atom stereocenters. The van der Waals surface area contributed by atoms with Gasteiger partial charge in [-0.05, 0) is 24.9 Å². The van der Waals surface area contributed by atoms with Gasteiger partial charge in [-0.1, -0.05) is 25.9 Å². The summed E-state index contributed by atoms with van der Waals surface area (Å²) in [6, 6.07) is 2.06. The van der Waals surface area contributed by atoms with Crippen LogP contribution in [-0.2, 0) is 13.1 Å². The zero-order valence-electron chi connectivity index (χ0n) is 11.1. The molecule has 2 rings (SSSR count). The Bertz CT molecular complexity index is 359. The highest BCUT2D eigenvalue weighted by Crippen LogP contribution is 2.29. The molecule has 1 aliphatic heterocycles. The van der Waals surface area contributed by atoms with Crippen molar-refractivity contribution < 1.29 is 4.52 Å². The van der Waals surface area contributed by atoms with Crippen LogP contribution in [0.2, 0.25) is 0 Å². The summed E-state index contributed by atoms with van der Waals surface area (Å²) in [6.07, 6.45) is 1.27. The molecule has 0 aromatic carbocycles. The van der Waals surface area contributed by atoms with E-state index in [4.69, 9.17) is 4.52 Å². The van der Waals surface area contributed by atoms with Gasteiger partial charge in [0.1, 0.15) is 0 Å². The zero-order valence-corrected chi connectivity index (χ0v) is 11.1. The highest BCUT2D eigenvalue weighted by molar-refractivity contribution is 5.05. The van der Waals surface area contributed by atoms with Crippen molar-refractivity contribution in [2.45, 2.75) is 40.3 Å². The van der Waals surface area contributed by atoms with Crippen LogP contribution in [0.15, 0.2) is 10.6 Å². The molecule has 0 aliphatic carbocycles. The van der Waals surface area contributed by atoms with Gasteiger partial charge >= 0.3 is 0 Å². The van der Waals surface area contributed by atoms with Crippen molar-refractivity contribution in [2.24, 2.45) is 5.41 Å². The Hall–Kier alpha value is -0.870. The van der Waals surface area contributed by atoms with Crippen LogP contribution in [0.3, 0.4) is 0 Å². The first-order valence-corrected chi connectivity index (χ1v) is 6.46. The molecule has 1 aromatic heterocycles. The summed E-state index contributed by atoms with van der Waals surface area (Å²) in [5.41, 5.74) is 1.45. The van der Waals surface area contributed by atoms with E-state index in [-0.39, 0.29) is 0 Å². The second-order valence-corrected chi connectivity index (χ2v) is 5.69.